The maximum absolute atomic E-state index is 6.36. The highest BCUT2D eigenvalue weighted by Gasteiger charge is 2.14. The normalized spacial score (nSPS) is 11.2. The van der Waals surface area contributed by atoms with E-state index in [0.29, 0.717) is 12.4 Å². The average Bonchev–Trinajstić information content (AvgIpc) is 3.14. The van der Waals surface area contributed by atoms with Gasteiger partial charge in [0.2, 0.25) is 0 Å². The molecule has 0 fully saturated rings. The second-order valence-electron chi connectivity index (χ2n) is 5.78. The second kappa shape index (κ2) is 5.69. The fraction of sp³-hybridized carbons (Fsp3) is 0.111. The standard InChI is InChI=1S/C18H16ClN5/c1-23-10-14(9-22-23)16-6-13-8-21-18(20)7-17(13)24(16)11-12-4-2-3-5-15(12)19/h2-10H,11H2,1H3,(H2,20,21). The average molecular weight is 338 g/mol. The van der Waals surface area contributed by atoms with Gasteiger partial charge in [0.15, 0.2) is 0 Å². The van der Waals surface area contributed by atoms with Gasteiger partial charge < -0.3 is 10.3 Å². The van der Waals surface area contributed by atoms with E-state index in [1.165, 1.54) is 0 Å². The molecule has 0 aliphatic heterocycles. The molecule has 3 heterocycles. The lowest BCUT2D eigenvalue weighted by Gasteiger charge is -2.11. The van der Waals surface area contributed by atoms with Crippen LogP contribution in [0, 0.1) is 0 Å². The van der Waals surface area contributed by atoms with Crippen LogP contribution in [0.5, 0.6) is 0 Å². The Kier molecular flexibility index (Phi) is 3.50. The molecule has 1 aromatic carbocycles. The summed E-state index contributed by atoms with van der Waals surface area (Å²) in [7, 11) is 1.91. The summed E-state index contributed by atoms with van der Waals surface area (Å²) in [6, 6.07) is 11.9. The number of hydrogen-bond acceptors (Lipinski definition) is 3. The Balaban J connectivity index is 1.93. The van der Waals surface area contributed by atoms with Gasteiger partial charge in [-0.15, -0.1) is 0 Å². The van der Waals surface area contributed by atoms with Gasteiger partial charge in [-0.1, -0.05) is 29.8 Å². The van der Waals surface area contributed by atoms with Gasteiger partial charge in [0.25, 0.3) is 0 Å². The predicted molar refractivity (Wildman–Crippen MR) is 96.9 cm³/mol. The molecular weight excluding hydrogens is 322 g/mol. The smallest absolute Gasteiger partial charge is 0.125 e. The topological polar surface area (TPSA) is 61.7 Å². The minimum Gasteiger partial charge on any atom is -0.384 e. The van der Waals surface area contributed by atoms with E-state index >= 15 is 0 Å². The first-order chi connectivity index (χ1) is 11.6. The fourth-order valence-electron chi connectivity index (χ4n) is 2.93. The first kappa shape index (κ1) is 14.8. The monoisotopic (exact) mass is 337 g/mol. The molecule has 3 aromatic heterocycles. The van der Waals surface area contributed by atoms with Crippen LogP contribution >= 0.6 is 11.6 Å². The van der Waals surface area contributed by atoms with E-state index in [-0.39, 0.29) is 0 Å². The highest BCUT2D eigenvalue weighted by Crippen LogP contribution is 2.30. The molecule has 0 aliphatic rings. The zero-order valence-corrected chi connectivity index (χ0v) is 13.9. The van der Waals surface area contributed by atoms with Crippen molar-refractivity contribution >= 4 is 28.3 Å². The lowest BCUT2D eigenvalue weighted by atomic mass is 10.2. The summed E-state index contributed by atoms with van der Waals surface area (Å²) >= 11 is 6.36. The first-order valence-corrected chi connectivity index (χ1v) is 7.97. The molecule has 4 rings (SSSR count). The molecule has 4 aromatic rings. The molecular formula is C18H16ClN5. The number of aryl methyl sites for hydroxylation is 1. The summed E-state index contributed by atoms with van der Waals surface area (Å²) in [5, 5.41) is 6.07. The lowest BCUT2D eigenvalue weighted by Crippen LogP contribution is -2.02. The molecule has 6 heteroatoms. The van der Waals surface area contributed by atoms with Crippen molar-refractivity contribution in [1.82, 2.24) is 19.3 Å². The lowest BCUT2D eigenvalue weighted by molar-refractivity contribution is 0.767. The van der Waals surface area contributed by atoms with E-state index in [2.05, 4.69) is 20.7 Å². The Labute approximate surface area is 144 Å². The minimum atomic E-state index is 0.499. The van der Waals surface area contributed by atoms with Crippen LogP contribution in [0.25, 0.3) is 22.2 Å². The highest BCUT2D eigenvalue weighted by atomic mass is 35.5. The van der Waals surface area contributed by atoms with Crippen LogP contribution < -0.4 is 5.73 Å². The van der Waals surface area contributed by atoms with Crippen molar-refractivity contribution < 1.29 is 0 Å². The number of benzene rings is 1. The number of anilines is 1. The number of rotatable bonds is 3. The number of halogens is 1. The summed E-state index contributed by atoms with van der Waals surface area (Å²) in [6.45, 7) is 0.650. The van der Waals surface area contributed by atoms with Crippen LogP contribution in [0.1, 0.15) is 5.56 Å². The number of fused-ring (bicyclic) bond motifs is 1. The van der Waals surface area contributed by atoms with Crippen molar-refractivity contribution in [3.63, 3.8) is 0 Å². The van der Waals surface area contributed by atoms with E-state index in [0.717, 1.165) is 32.7 Å². The van der Waals surface area contributed by atoms with Gasteiger partial charge in [-0.2, -0.15) is 5.10 Å². The van der Waals surface area contributed by atoms with Gasteiger partial charge in [0.1, 0.15) is 5.82 Å². The maximum atomic E-state index is 6.36. The zero-order chi connectivity index (χ0) is 16.7. The third kappa shape index (κ3) is 2.53. The summed E-state index contributed by atoms with van der Waals surface area (Å²) in [5.41, 5.74) is 10.1. The number of pyridine rings is 1. The van der Waals surface area contributed by atoms with Crippen molar-refractivity contribution in [1.29, 1.82) is 0 Å². The molecule has 0 saturated heterocycles. The van der Waals surface area contributed by atoms with Gasteiger partial charge in [-0.25, -0.2) is 4.98 Å². The van der Waals surface area contributed by atoms with Gasteiger partial charge in [-0.3, -0.25) is 4.68 Å². The third-order valence-electron chi connectivity index (χ3n) is 4.09. The van der Waals surface area contributed by atoms with Gasteiger partial charge in [0.05, 0.1) is 17.4 Å². The number of nitrogens with zero attached hydrogens (tertiary/aromatic N) is 4. The summed E-state index contributed by atoms with van der Waals surface area (Å²) in [6.07, 6.45) is 5.65. The minimum absolute atomic E-state index is 0.499. The molecule has 0 amide bonds. The SMILES string of the molecule is Cn1cc(-c2cc3cnc(N)cc3n2Cc2ccccc2Cl)cn1. The molecule has 0 atom stereocenters. The van der Waals surface area contributed by atoms with Crippen LogP contribution in [-0.2, 0) is 13.6 Å². The molecule has 5 nitrogen and oxygen atoms in total. The number of aromatic nitrogens is 4. The summed E-state index contributed by atoms with van der Waals surface area (Å²) in [5.74, 6) is 0.499. The molecule has 0 bridgehead atoms. The first-order valence-electron chi connectivity index (χ1n) is 7.59. The maximum Gasteiger partial charge on any atom is 0.125 e. The number of nitrogens with two attached hydrogens (primary N) is 1. The Morgan fingerprint density at radius 1 is 1.17 bits per heavy atom. The molecule has 0 aliphatic carbocycles. The van der Waals surface area contributed by atoms with Crippen LogP contribution in [0.2, 0.25) is 5.02 Å². The molecule has 120 valence electrons. The Morgan fingerprint density at radius 2 is 2.00 bits per heavy atom. The van der Waals surface area contributed by atoms with Gasteiger partial charge in [0, 0.05) is 48.0 Å². The van der Waals surface area contributed by atoms with Gasteiger partial charge >= 0.3 is 0 Å². The van der Waals surface area contributed by atoms with Crippen molar-refractivity contribution in [2.75, 3.05) is 5.73 Å². The summed E-state index contributed by atoms with van der Waals surface area (Å²) in [4.78, 5) is 4.20. The predicted octanol–water partition coefficient (Wildman–Crippen LogP) is 3.72. The van der Waals surface area contributed by atoms with Crippen molar-refractivity contribution in [3.05, 3.63) is 65.6 Å². The van der Waals surface area contributed by atoms with Gasteiger partial charge in [-0.05, 0) is 17.7 Å². The Morgan fingerprint density at radius 3 is 2.75 bits per heavy atom. The van der Waals surface area contributed by atoms with Crippen molar-refractivity contribution in [2.45, 2.75) is 6.54 Å². The van der Waals surface area contributed by atoms with Crippen molar-refractivity contribution in [3.8, 4) is 11.3 Å². The molecule has 0 radical (unpaired) electrons. The van der Waals surface area contributed by atoms with Crippen LogP contribution in [0.4, 0.5) is 5.82 Å². The van der Waals surface area contributed by atoms with Crippen LogP contribution in [0.3, 0.4) is 0 Å². The highest BCUT2D eigenvalue weighted by molar-refractivity contribution is 6.31. The van der Waals surface area contributed by atoms with Crippen LogP contribution in [0.15, 0.2) is 55.0 Å². The zero-order valence-electron chi connectivity index (χ0n) is 13.1. The Hall–Kier alpha value is -2.79. The summed E-state index contributed by atoms with van der Waals surface area (Å²) < 4.78 is 3.99. The molecule has 0 spiro atoms. The van der Waals surface area contributed by atoms with E-state index < -0.39 is 0 Å². The van der Waals surface area contributed by atoms with E-state index in [4.69, 9.17) is 17.3 Å². The second-order valence-corrected chi connectivity index (χ2v) is 6.18. The number of hydrogen-bond donors (Lipinski definition) is 1. The molecule has 2 N–H and O–H groups in total. The largest absolute Gasteiger partial charge is 0.384 e. The van der Waals surface area contributed by atoms with Crippen LogP contribution in [-0.4, -0.2) is 19.3 Å². The number of nitrogen functional groups attached to an aromatic ring is 1. The van der Waals surface area contributed by atoms with E-state index in [1.54, 1.807) is 10.9 Å². The van der Waals surface area contributed by atoms with E-state index in [9.17, 15) is 0 Å². The quantitative estimate of drug-likeness (QED) is 0.619. The third-order valence-corrected chi connectivity index (χ3v) is 4.46. The Bertz CT molecular complexity index is 1030. The molecule has 24 heavy (non-hydrogen) atoms. The fourth-order valence-corrected chi connectivity index (χ4v) is 3.13. The molecule has 0 saturated carbocycles. The van der Waals surface area contributed by atoms with E-state index in [1.807, 2.05) is 49.8 Å². The van der Waals surface area contributed by atoms with Crippen molar-refractivity contribution in [2.24, 2.45) is 7.05 Å². The molecule has 0 unspecified atom stereocenters.